The van der Waals surface area contributed by atoms with Crippen molar-refractivity contribution in [1.82, 2.24) is 4.90 Å². The lowest BCUT2D eigenvalue weighted by Crippen LogP contribution is -2.44. The molecule has 17 heavy (non-hydrogen) atoms. The molecule has 4 heteroatoms. The molecule has 0 aromatic rings. The lowest BCUT2D eigenvalue weighted by Gasteiger charge is -2.27. The third kappa shape index (κ3) is 2.06. The average Bonchev–Trinajstić information content (AvgIpc) is 2.54. The van der Waals surface area contributed by atoms with Gasteiger partial charge in [0.25, 0.3) is 0 Å². The first-order chi connectivity index (χ1) is 7.93. The molecule has 0 N–H and O–H groups in total. The Hall–Kier alpha value is -1.37. The van der Waals surface area contributed by atoms with E-state index in [4.69, 9.17) is 5.26 Å². The van der Waals surface area contributed by atoms with E-state index in [0.29, 0.717) is 12.8 Å². The highest BCUT2D eigenvalue weighted by Gasteiger charge is 2.51. The van der Waals surface area contributed by atoms with Gasteiger partial charge in [0.1, 0.15) is 6.04 Å². The summed E-state index contributed by atoms with van der Waals surface area (Å²) in [5, 5.41) is 9.11. The molecule has 1 heterocycles. The number of nitriles is 1. The average molecular weight is 236 g/mol. The van der Waals surface area contributed by atoms with Crippen LogP contribution in [0.15, 0.2) is 0 Å². The summed E-state index contributed by atoms with van der Waals surface area (Å²) < 4.78 is 0. The number of carbonyl (C=O) groups is 2. The lowest BCUT2D eigenvalue weighted by molar-refractivity contribution is -0.144. The molecule has 1 fully saturated rings. The van der Waals surface area contributed by atoms with Crippen LogP contribution in [0.4, 0.5) is 0 Å². The third-order valence-corrected chi connectivity index (χ3v) is 3.83. The maximum atomic E-state index is 12.4. The maximum Gasteiger partial charge on any atom is 0.237 e. The fourth-order valence-electron chi connectivity index (χ4n) is 2.41. The van der Waals surface area contributed by atoms with Crippen molar-refractivity contribution in [2.24, 2.45) is 11.3 Å². The Labute approximate surface area is 103 Å². The molecule has 1 unspecified atom stereocenters. The van der Waals surface area contributed by atoms with Gasteiger partial charge in [-0.2, -0.15) is 5.26 Å². The molecule has 94 valence electrons. The molecule has 0 bridgehead atoms. The van der Waals surface area contributed by atoms with Crippen LogP contribution >= 0.6 is 0 Å². The Morgan fingerprint density at radius 1 is 1.35 bits per heavy atom. The van der Waals surface area contributed by atoms with E-state index in [1.807, 2.05) is 27.7 Å². The van der Waals surface area contributed by atoms with E-state index in [1.165, 1.54) is 4.90 Å². The van der Waals surface area contributed by atoms with Crippen molar-refractivity contribution in [2.45, 2.75) is 53.0 Å². The van der Waals surface area contributed by atoms with Gasteiger partial charge in [0.2, 0.25) is 11.8 Å². The quantitative estimate of drug-likeness (QED) is 0.702. The zero-order chi connectivity index (χ0) is 13.2. The van der Waals surface area contributed by atoms with E-state index in [9.17, 15) is 9.59 Å². The number of carbonyl (C=O) groups excluding carboxylic acids is 2. The molecule has 0 saturated carbocycles. The lowest BCUT2D eigenvalue weighted by atomic mass is 9.81. The summed E-state index contributed by atoms with van der Waals surface area (Å²) in [7, 11) is 0. The highest BCUT2D eigenvalue weighted by Crippen LogP contribution is 2.40. The van der Waals surface area contributed by atoms with Crippen molar-refractivity contribution in [3.05, 3.63) is 0 Å². The van der Waals surface area contributed by atoms with Crippen LogP contribution in [0.25, 0.3) is 0 Å². The van der Waals surface area contributed by atoms with E-state index in [0.717, 1.165) is 0 Å². The monoisotopic (exact) mass is 236 g/mol. The van der Waals surface area contributed by atoms with Gasteiger partial charge in [-0.05, 0) is 18.8 Å². The number of nitrogens with zero attached hydrogens (tertiary/aromatic N) is 2. The number of hydrogen-bond acceptors (Lipinski definition) is 3. The van der Waals surface area contributed by atoms with Gasteiger partial charge < -0.3 is 0 Å². The Morgan fingerprint density at radius 2 is 1.88 bits per heavy atom. The maximum absolute atomic E-state index is 12.4. The van der Waals surface area contributed by atoms with Crippen molar-refractivity contribution < 1.29 is 9.59 Å². The standard InChI is InChI=1S/C13H20N2O2/c1-5-13(6-2)7-11(16)15(12(13)17)10(8-14)9(3)4/h9-10H,5-7H2,1-4H3. The first kappa shape index (κ1) is 13.7. The second-order valence-corrected chi connectivity index (χ2v) is 5.05. The molecule has 0 radical (unpaired) electrons. The molecule has 0 spiro atoms. The van der Waals surface area contributed by atoms with E-state index in [1.54, 1.807) is 0 Å². The summed E-state index contributed by atoms with van der Waals surface area (Å²) in [5.41, 5.74) is -0.568. The highest BCUT2D eigenvalue weighted by atomic mass is 16.2. The van der Waals surface area contributed by atoms with Gasteiger partial charge in [-0.25, -0.2) is 0 Å². The molecular weight excluding hydrogens is 216 g/mol. The molecule has 0 aromatic carbocycles. The van der Waals surface area contributed by atoms with Crippen LogP contribution in [0, 0.1) is 22.7 Å². The predicted octanol–water partition coefficient (Wildman–Crippen LogP) is 2.10. The number of imide groups is 1. The van der Waals surface area contributed by atoms with Crippen molar-refractivity contribution >= 4 is 11.8 Å². The van der Waals surface area contributed by atoms with Crippen LogP contribution in [0.1, 0.15) is 47.0 Å². The minimum Gasteiger partial charge on any atom is -0.274 e. The van der Waals surface area contributed by atoms with Gasteiger partial charge in [0, 0.05) is 6.42 Å². The molecular formula is C13H20N2O2. The molecule has 1 aliphatic heterocycles. The summed E-state index contributed by atoms with van der Waals surface area (Å²) in [6, 6.07) is 1.44. The van der Waals surface area contributed by atoms with Crippen LogP contribution in [-0.4, -0.2) is 22.8 Å². The van der Waals surface area contributed by atoms with E-state index in [2.05, 4.69) is 6.07 Å². The van der Waals surface area contributed by atoms with Gasteiger partial charge in [-0.15, -0.1) is 0 Å². The summed E-state index contributed by atoms with van der Waals surface area (Å²) in [5.74, 6) is -0.385. The molecule has 1 saturated heterocycles. The zero-order valence-electron chi connectivity index (χ0n) is 11.0. The number of hydrogen-bond donors (Lipinski definition) is 0. The van der Waals surface area contributed by atoms with E-state index in [-0.39, 0.29) is 24.2 Å². The molecule has 2 amide bonds. The van der Waals surface area contributed by atoms with Crippen LogP contribution in [0.2, 0.25) is 0 Å². The van der Waals surface area contributed by atoms with Crippen LogP contribution < -0.4 is 0 Å². The zero-order valence-corrected chi connectivity index (χ0v) is 11.0. The summed E-state index contributed by atoms with van der Waals surface area (Å²) in [6.45, 7) is 7.56. The topological polar surface area (TPSA) is 61.2 Å². The normalized spacial score (nSPS) is 20.8. The van der Waals surface area contributed by atoms with Crippen molar-refractivity contribution in [3.63, 3.8) is 0 Å². The van der Waals surface area contributed by atoms with Gasteiger partial charge >= 0.3 is 0 Å². The van der Waals surface area contributed by atoms with Gasteiger partial charge in [0.15, 0.2) is 0 Å². The largest absolute Gasteiger partial charge is 0.274 e. The third-order valence-electron chi connectivity index (χ3n) is 3.83. The molecule has 1 aliphatic rings. The van der Waals surface area contributed by atoms with E-state index < -0.39 is 11.5 Å². The van der Waals surface area contributed by atoms with Crippen molar-refractivity contribution in [1.29, 1.82) is 5.26 Å². The predicted molar refractivity (Wildman–Crippen MR) is 63.7 cm³/mol. The van der Waals surface area contributed by atoms with Crippen molar-refractivity contribution in [2.75, 3.05) is 0 Å². The molecule has 1 atom stereocenters. The Bertz CT molecular complexity index is 364. The van der Waals surface area contributed by atoms with Crippen LogP contribution in [-0.2, 0) is 9.59 Å². The summed E-state index contributed by atoms with van der Waals surface area (Å²) in [6.07, 6.45) is 1.56. The number of amides is 2. The Balaban J connectivity index is 3.09. The first-order valence-electron chi connectivity index (χ1n) is 6.19. The number of likely N-dealkylation sites (tertiary alicyclic amines) is 1. The highest BCUT2D eigenvalue weighted by molar-refractivity contribution is 6.06. The second-order valence-electron chi connectivity index (χ2n) is 5.05. The summed E-state index contributed by atoms with van der Waals surface area (Å²) in [4.78, 5) is 25.5. The van der Waals surface area contributed by atoms with Gasteiger partial charge in [-0.1, -0.05) is 27.7 Å². The molecule has 4 nitrogen and oxygen atoms in total. The second kappa shape index (κ2) is 4.87. The minimum atomic E-state index is -0.630. The molecule has 0 aliphatic carbocycles. The van der Waals surface area contributed by atoms with Crippen LogP contribution in [0.5, 0.6) is 0 Å². The smallest absolute Gasteiger partial charge is 0.237 e. The molecule has 0 aromatic heterocycles. The van der Waals surface area contributed by atoms with Crippen molar-refractivity contribution in [3.8, 4) is 6.07 Å². The SMILES string of the molecule is CCC1(CC)CC(=O)N(C(C#N)C(C)C)C1=O. The first-order valence-corrected chi connectivity index (χ1v) is 6.19. The summed E-state index contributed by atoms with van der Waals surface area (Å²) >= 11 is 0. The fraction of sp³-hybridized carbons (Fsp3) is 0.769. The van der Waals surface area contributed by atoms with E-state index >= 15 is 0 Å². The minimum absolute atomic E-state index is 0.0302. The fourth-order valence-corrected chi connectivity index (χ4v) is 2.41. The molecule has 1 rings (SSSR count). The Morgan fingerprint density at radius 3 is 2.18 bits per heavy atom. The van der Waals surface area contributed by atoms with Crippen LogP contribution in [0.3, 0.4) is 0 Å². The van der Waals surface area contributed by atoms with Gasteiger partial charge in [0.05, 0.1) is 11.5 Å². The number of rotatable bonds is 4. The Kier molecular flexibility index (Phi) is 3.92. The van der Waals surface area contributed by atoms with Gasteiger partial charge in [-0.3, -0.25) is 14.5 Å².